The fraction of sp³-hybridized carbons (Fsp3) is 0.200. The van der Waals surface area contributed by atoms with Crippen LogP contribution in [-0.4, -0.2) is 21.6 Å². The fourth-order valence-electron chi connectivity index (χ4n) is 1.68. The SMILES string of the molecule is Cc1ccc(S(=O)(=O)OCCOc2c(F)cccc2F)cc1. The monoisotopic (exact) mass is 328 g/mol. The van der Waals surface area contributed by atoms with Gasteiger partial charge in [-0.1, -0.05) is 23.8 Å². The molecule has 0 saturated carbocycles. The summed E-state index contributed by atoms with van der Waals surface area (Å²) in [6.45, 7) is 1.17. The molecule has 0 saturated heterocycles. The summed E-state index contributed by atoms with van der Waals surface area (Å²) >= 11 is 0. The van der Waals surface area contributed by atoms with Crippen molar-refractivity contribution in [1.82, 2.24) is 0 Å². The summed E-state index contributed by atoms with van der Waals surface area (Å²) in [6, 6.07) is 9.41. The van der Waals surface area contributed by atoms with Crippen molar-refractivity contribution in [2.75, 3.05) is 13.2 Å². The molecule has 0 aliphatic carbocycles. The van der Waals surface area contributed by atoms with Gasteiger partial charge in [0.2, 0.25) is 0 Å². The number of halogens is 2. The van der Waals surface area contributed by atoms with E-state index in [-0.39, 0.29) is 18.1 Å². The van der Waals surface area contributed by atoms with Gasteiger partial charge in [0.05, 0.1) is 4.90 Å². The zero-order valence-corrected chi connectivity index (χ0v) is 12.6. The number of rotatable bonds is 6. The molecule has 22 heavy (non-hydrogen) atoms. The zero-order chi connectivity index (χ0) is 16.2. The van der Waals surface area contributed by atoms with Crippen LogP contribution in [0.2, 0.25) is 0 Å². The summed E-state index contributed by atoms with van der Waals surface area (Å²) in [5.41, 5.74) is 0.914. The second-order valence-electron chi connectivity index (χ2n) is 4.49. The minimum atomic E-state index is -3.92. The van der Waals surface area contributed by atoms with Crippen molar-refractivity contribution in [3.63, 3.8) is 0 Å². The lowest BCUT2D eigenvalue weighted by Crippen LogP contribution is -2.13. The van der Waals surface area contributed by atoms with Crippen molar-refractivity contribution in [3.8, 4) is 5.75 Å². The van der Waals surface area contributed by atoms with Crippen LogP contribution in [0.15, 0.2) is 47.4 Å². The first kappa shape index (κ1) is 16.4. The van der Waals surface area contributed by atoms with Gasteiger partial charge in [0.25, 0.3) is 10.1 Å². The highest BCUT2D eigenvalue weighted by molar-refractivity contribution is 7.86. The molecule has 0 bridgehead atoms. The topological polar surface area (TPSA) is 52.6 Å². The Morgan fingerprint density at radius 1 is 0.955 bits per heavy atom. The van der Waals surface area contributed by atoms with Gasteiger partial charge in [-0.15, -0.1) is 0 Å². The number of aryl methyl sites for hydroxylation is 1. The van der Waals surface area contributed by atoms with Crippen LogP contribution < -0.4 is 4.74 Å². The Labute approximate surface area is 127 Å². The van der Waals surface area contributed by atoms with Gasteiger partial charge < -0.3 is 4.74 Å². The highest BCUT2D eigenvalue weighted by Crippen LogP contribution is 2.20. The average Bonchev–Trinajstić information content (AvgIpc) is 2.46. The van der Waals surface area contributed by atoms with E-state index in [1.807, 2.05) is 6.92 Å². The summed E-state index contributed by atoms with van der Waals surface area (Å²) in [7, 11) is -3.92. The number of ether oxygens (including phenoxy) is 1. The molecule has 0 aliphatic rings. The second-order valence-corrected chi connectivity index (χ2v) is 6.10. The Morgan fingerprint density at radius 2 is 1.55 bits per heavy atom. The van der Waals surface area contributed by atoms with Crippen LogP contribution in [0, 0.1) is 18.6 Å². The van der Waals surface area contributed by atoms with Crippen molar-refractivity contribution < 1.29 is 26.1 Å². The lowest BCUT2D eigenvalue weighted by Gasteiger charge is -2.09. The molecule has 0 heterocycles. The van der Waals surface area contributed by atoms with E-state index < -0.39 is 27.5 Å². The van der Waals surface area contributed by atoms with E-state index >= 15 is 0 Å². The van der Waals surface area contributed by atoms with Crippen molar-refractivity contribution in [2.24, 2.45) is 0 Å². The Hall–Kier alpha value is -1.99. The Balaban J connectivity index is 1.92. The minimum Gasteiger partial charge on any atom is -0.485 e. The van der Waals surface area contributed by atoms with E-state index in [1.54, 1.807) is 12.1 Å². The maximum Gasteiger partial charge on any atom is 0.297 e. The van der Waals surface area contributed by atoms with E-state index in [0.717, 1.165) is 17.7 Å². The van der Waals surface area contributed by atoms with E-state index in [9.17, 15) is 17.2 Å². The maximum absolute atomic E-state index is 13.3. The highest BCUT2D eigenvalue weighted by Gasteiger charge is 2.15. The van der Waals surface area contributed by atoms with E-state index in [2.05, 4.69) is 0 Å². The second kappa shape index (κ2) is 6.85. The molecule has 2 aromatic carbocycles. The predicted molar refractivity (Wildman–Crippen MR) is 76.2 cm³/mol. The molecule has 0 spiro atoms. The summed E-state index contributed by atoms with van der Waals surface area (Å²) in [4.78, 5) is 0.00942. The summed E-state index contributed by atoms with van der Waals surface area (Å²) < 4.78 is 59.9. The molecule has 0 atom stereocenters. The van der Waals surface area contributed by atoms with Crippen molar-refractivity contribution in [3.05, 3.63) is 59.7 Å². The standard InChI is InChI=1S/C15H14F2O4S/c1-11-5-7-12(8-6-11)22(18,19)21-10-9-20-15-13(16)3-2-4-14(15)17/h2-8H,9-10H2,1H3. The zero-order valence-electron chi connectivity index (χ0n) is 11.8. The first-order valence-corrected chi connectivity index (χ1v) is 7.84. The molecular formula is C15H14F2O4S. The van der Waals surface area contributed by atoms with Crippen LogP contribution in [0.5, 0.6) is 5.75 Å². The lowest BCUT2D eigenvalue weighted by molar-refractivity contribution is 0.209. The fourth-order valence-corrected chi connectivity index (χ4v) is 2.57. The van der Waals surface area contributed by atoms with Gasteiger partial charge >= 0.3 is 0 Å². The van der Waals surface area contributed by atoms with E-state index in [4.69, 9.17) is 8.92 Å². The van der Waals surface area contributed by atoms with Crippen LogP contribution in [-0.2, 0) is 14.3 Å². The van der Waals surface area contributed by atoms with Gasteiger partial charge in [-0.25, -0.2) is 8.78 Å². The van der Waals surface area contributed by atoms with Crippen LogP contribution in [0.4, 0.5) is 8.78 Å². The van der Waals surface area contributed by atoms with Gasteiger partial charge in [-0.3, -0.25) is 4.18 Å². The molecule has 0 fully saturated rings. The lowest BCUT2D eigenvalue weighted by atomic mass is 10.2. The first-order valence-electron chi connectivity index (χ1n) is 6.43. The van der Waals surface area contributed by atoms with Crippen LogP contribution in [0.25, 0.3) is 0 Å². The summed E-state index contributed by atoms with van der Waals surface area (Å²) in [5, 5.41) is 0. The van der Waals surface area contributed by atoms with Gasteiger partial charge in [0, 0.05) is 0 Å². The summed E-state index contributed by atoms with van der Waals surface area (Å²) in [5.74, 6) is -2.28. The third-order valence-corrected chi connectivity index (χ3v) is 4.12. The van der Waals surface area contributed by atoms with Gasteiger partial charge in [0.1, 0.15) is 13.2 Å². The molecular weight excluding hydrogens is 314 g/mol. The number of para-hydroxylation sites is 1. The molecule has 4 nitrogen and oxygen atoms in total. The molecule has 0 amide bonds. The van der Waals surface area contributed by atoms with Crippen molar-refractivity contribution >= 4 is 10.1 Å². The third-order valence-electron chi connectivity index (χ3n) is 2.80. The third kappa shape index (κ3) is 4.02. The first-order chi connectivity index (χ1) is 10.4. The Bertz CT molecular complexity index is 722. The van der Waals surface area contributed by atoms with Crippen molar-refractivity contribution in [2.45, 2.75) is 11.8 Å². The number of benzene rings is 2. The quantitative estimate of drug-likeness (QED) is 0.604. The highest BCUT2D eigenvalue weighted by atomic mass is 32.2. The van der Waals surface area contributed by atoms with Crippen LogP contribution >= 0.6 is 0 Å². The predicted octanol–water partition coefficient (Wildman–Crippen LogP) is 3.06. The van der Waals surface area contributed by atoms with Crippen LogP contribution in [0.3, 0.4) is 0 Å². The normalized spacial score (nSPS) is 11.4. The molecule has 7 heteroatoms. The van der Waals surface area contributed by atoms with Gasteiger partial charge in [-0.2, -0.15) is 8.42 Å². The van der Waals surface area contributed by atoms with Crippen LogP contribution in [0.1, 0.15) is 5.56 Å². The Morgan fingerprint density at radius 3 is 2.14 bits per heavy atom. The molecule has 118 valence electrons. The number of hydrogen-bond donors (Lipinski definition) is 0. The molecule has 0 radical (unpaired) electrons. The maximum atomic E-state index is 13.3. The van der Waals surface area contributed by atoms with Gasteiger partial charge in [-0.05, 0) is 31.2 Å². The van der Waals surface area contributed by atoms with E-state index in [0.29, 0.717) is 0 Å². The molecule has 0 unspecified atom stereocenters. The van der Waals surface area contributed by atoms with Gasteiger partial charge in [0.15, 0.2) is 17.4 Å². The van der Waals surface area contributed by atoms with E-state index in [1.165, 1.54) is 18.2 Å². The molecule has 0 N–H and O–H groups in total. The minimum absolute atomic E-state index is 0.00942. The molecule has 0 aliphatic heterocycles. The van der Waals surface area contributed by atoms with Crippen molar-refractivity contribution in [1.29, 1.82) is 0 Å². The Kier molecular flexibility index (Phi) is 5.10. The smallest absolute Gasteiger partial charge is 0.297 e. The molecule has 0 aromatic heterocycles. The summed E-state index contributed by atoms with van der Waals surface area (Å²) in [6.07, 6.45) is 0. The molecule has 2 aromatic rings. The largest absolute Gasteiger partial charge is 0.485 e. The average molecular weight is 328 g/mol. The number of hydrogen-bond acceptors (Lipinski definition) is 4. The molecule has 2 rings (SSSR count).